The van der Waals surface area contributed by atoms with Gasteiger partial charge in [0.15, 0.2) is 0 Å². The van der Waals surface area contributed by atoms with E-state index in [9.17, 15) is 0 Å². The maximum absolute atomic E-state index is 3.93. The summed E-state index contributed by atoms with van der Waals surface area (Å²) in [6.45, 7) is 23.0. The molecule has 0 bridgehead atoms. The summed E-state index contributed by atoms with van der Waals surface area (Å²) in [6, 6.07) is 38.9. The predicted molar refractivity (Wildman–Crippen MR) is 457 cm³/mol. The molecule has 0 radical (unpaired) electrons. The molecule has 0 fully saturated rings. The van der Waals surface area contributed by atoms with Crippen LogP contribution in [0.2, 0.25) is 0 Å². The Morgan fingerprint density at radius 3 is 0.856 bits per heavy atom. The molecule has 3 heteroatoms. The Hall–Kier alpha value is -2.44. The van der Waals surface area contributed by atoms with Gasteiger partial charge in [0.2, 0.25) is 0 Å². The van der Waals surface area contributed by atoms with Gasteiger partial charge < -0.3 is 24.8 Å². The van der Waals surface area contributed by atoms with Crippen LogP contribution in [0.5, 0.6) is 0 Å². The van der Waals surface area contributed by atoms with Gasteiger partial charge >= 0.3 is 169 Å². The standard InChI is InChI=1S/C61H122.C35H37.C5H5.2ClH.Zr/c1-3-5-7-9-11-13-15-17-19-21-23-25-27-29-31-33-35-37-39-41-43-45-47-49-51-53-55-57-59-61-60-58-56-54-52-50-48-46-44-42-40-38-36-34-32-30-28-26-24-22-20-18-16-14-12-10-8-6-4-2;1-22-13-9-11-15-26(22)30-18-24-17-25-19-31(27-16-12-10-14-23(27)2)33(35(6,7)8)21-29(25)28(24)20-32(30)34(3,4)5;1-2-4-5-3-1;;;/h3-60H2,1-2H3;9-16,18,20-21H,17H2,1-8H3;1-5H;2*1H;/q;2*-1;;;+2/p-2. The average molecular weight is 1540 g/mol. The van der Waals surface area contributed by atoms with Gasteiger partial charge in [-0.1, -0.05) is 369 Å². The van der Waals surface area contributed by atoms with E-state index in [-0.39, 0.29) is 35.6 Å². The van der Waals surface area contributed by atoms with Crippen LogP contribution in [0.15, 0.2) is 97.1 Å². The Morgan fingerprint density at radius 1 is 0.317 bits per heavy atom. The molecule has 5 aromatic carbocycles. The van der Waals surface area contributed by atoms with Crippen molar-refractivity contribution < 1.29 is 49.0 Å². The normalized spacial score (nSPS) is 11.7. The molecule has 0 aromatic heterocycles. The number of unbranched alkanes of at least 4 members (excludes halogenated alkanes) is 54. The minimum absolute atomic E-state index is 0. The van der Waals surface area contributed by atoms with Crippen LogP contribution in [-0.4, -0.2) is 3.21 Å². The molecule has 104 heavy (non-hydrogen) atoms. The van der Waals surface area contributed by atoms with E-state index in [0.717, 1.165) is 6.42 Å². The number of aryl methyl sites for hydroxylation is 2. The topological polar surface area (TPSA) is 0 Å². The van der Waals surface area contributed by atoms with Crippen molar-refractivity contribution in [2.24, 2.45) is 0 Å². The van der Waals surface area contributed by atoms with Crippen LogP contribution in [0.25, 0.3) is 33.4 Å². The van der Waals surface area contributed by atoms with Crippen LogP contribution < -0.4 is 24.8 Å². The summed E-state index contributed by atoms with van der Waals surface area (Å²) in [5, 5.41) is 0. The van der Waals surface area contributed by atoms with Crippen LogP contribution in [-0.2, 0) is 41.5 Å². The number of rotatable bonds is 60. The summed E-state index contributed by atoms with van der Waals surface area (Å²) >= 11 is 1.73. The van der Waals surface area contributed by atoms with E-state index >= 15 is 0 Å². The number of benzene rings is 4. The molecule has 0 amide bonds. The van der Waals surface area contributed by atoms with Crippen molar-refractivity contribution >= 4 is 3.21 Å². The van der Waals surface area contributed by atoms with Crippen LogP contribution in [0.4, 0.5) is 0 Å². The van der Waals surface area contributed by atoms with Gasteiger partial charge in [0.05, 0.1) is 0 Å². The Kier molecular flexibility index (Phi) is 60.3. The van der Waals surface area contributed by atoms with Gasteiger partial charge in [0.25, 0.3) is 0 Å². The molecule has 0 unspecified atom stereocenters. The van der Waals surface area contributed by atoms with E-state index in [4.69, 9.17) is 0 Å². The molecule has 5 aromatic rings. The van der Waals surface area contributed by atoms with Gasteiger partial charge in [-0.05, 0) is 58.9 Å². The average Bonchev–Trinajstić information content (AvgIpc) is 1.57. The summed E-state index contributed by atoms with van der Waals surface area (Å²) in [5.41, 5.74) is 16.3. The Labute approximate surface area is 675 Å². The van der Waals surface area contributed by atoms with Crippen molar-refractivity contribution in [2.75, 3.05) is 0 Å². The molecule has 0 atom stereocenters. The predicted octanol–water partition coefficient (Wildman–Crippen LogP) is 28.4. The van der Waals surface area contributed by atoms with E-state index < -0.39 is 0 Å². The Bertz CT molecular complexity index is 2570. The second-order valence-electron chi connectivity index (χ2n) is 34.5. The van der Waals surface area contributed by atoms with Gasteiger partial charge in [-0.15, -0.1) is 28.8 Å². The van der Waals surface area contributed by atoms with Crippen molar-refractivity contribution in [1.82, 2.24) is 0 Å². The second kappa shape index (κ2) is 64.2. The van der Waals surface area contributed by atoms with E-state index in [2.05, 4.69) is 142 Å². The second-order valence-corrected chi connectivity index (χ2v) is 36.2. The van der Waals surface area contributed by atoms with Crippen molar-refractivity contribution in [3.63, 3.8) is 0 Å². The van der Waals surface area contributed by atoms with E-state index in [1.54, 1.807) is 24.2 Å². The van der Waals surface area contributed by atoms with Crippen molar-refractivity contribution in [1.29, 1.82) is 0 Å². The van der Waals surface area contributed by atoms with Gasteiger partial charge in [-0.25, -0.2) is 12.1 Å². The molecule has 0 N–H and O–H groups in total. The van der Waals surface area contributed by atoms with E-state index in [1.807, 2.05) is 33.5 Å². The number of hydrogen-bond donors (Lipinski definition) is 0. The van der Waals surface area contributed by atoms with Crippen molar-refractivity contribution in [3.05, 3.63) is 137 Å². The first-order valence-electron chi connectivity index (χ1n) is 44.9. The monoisotopic (exact) mass is 1540 g/mol. The fourth-order valence-electron chi connectivity index (χ4n) is 16.0. The minimum atomic E-state index is 0. The first kappa shape index (κ1) is 97.6. The van der Waals surface area contributed by atoms with Crippen LogP contribution in [0.1, 0.15) is 461 Å². The molecule has 1 aliphatic carbocycles. The Balaban J connectivity index is 0.000000724. The molecule has 0 saturated carbocycles. The molecule has 0 nitrogen and oxygen atoms in total. The summed E-state index contributed by atoms with van der Waals surface area (Å²) in [6.07, 6.45) is 87.0. The number of hydrogen-bond acceptors (Lipinski definition) is 0. The third-order valence-electron chi connectivity index (χ3n) is 22.7. The van der Waals surface area contributed by atoms with Crippen molar-refractivity contribution in [2.45, 2.75) is 459 Å². The molecule has 0 saturated heterocycles. The molecular formula is C101H164Cl2Zr-2. The summed E-state index contributed by atoms with van der Waals surface area (Å²) < 4.78 is 1.88. The minimum Gasteiger partial charge on any atom is -1.00 e. The maximum atomic E-state index is 3.93. The molecule has 588 valence electrons. The first-order valence-corrected chi connectivity index (χ1v) is 46.1. The molecule has 1 aliphatic rings. The molecular weight excluding hydrogens is 1380 g/mol. The summed E-state index contributed by atoms with van der Waals surface area (Å²) in [4.78, 5) is 0. The van der Waals surface area contributed by atoms with E-state index in [1.165, 1.54) is 439 Å². The SMILES string of the molecule is CCCCCCCCCCCCCCCCCCCCCCCCCCCCCC[C](=[Zr+2])CCCCCCCCCCCCCCCCCCCCCCCCCCCCCC.Cc1ccccc1-c1[c-]c2c(cc1C(C)(C)C)-c1cc(C(C)(C)C)c(-c3ccccc3C)cc1C2.[Cl-].[Cl-].c1cc[cH-]c1. The zero-order chi connectivity index (χ0) is 73.2. The van der Waals surface area contributed by atoms with Gasteiger partial charge in [0.1, 0.15) is 0 Å². The zero-order valence-corrected chi connectivity index (χ0v) is 74.2. The zero-order valence-electron chi connectivity index (χ0n) is 70.2. The van der Waals surface area contributed by atoms with Crippen LogP contribution in [0, 0.1) is 19.9 Å². The summed E-state index contributed by atoms with van der Waals surface area (Å²) in [7, 11) is 0. The van der Waals surface area contributed by atoms with Crippen LogP contribution >= 0.6 is 0 Å². The number of halogens is 2. The fourth-order valence-corrected chi connectivity index (χ4v) is 16.9. The Morgan fingerprint density at radius 2 is 0.587 bits per heavy atom. The van der Waals surface area contributed by atoms with Crippen LogP contribution in [0.3, 0.4) is 0 Å². The molecule has 0 aliphatic heterocycles. The van der Waals surface area contributed by atoms with E-state index in [0.29, 0.717) is 0 Å². The fraction of sp³-hybridized carbons (Fsp3) is 0.703. The summed E-state index contributed by atoms with van der Waals surface area (Å²) in [5.74, 6) is 0. The first-order chi connectivity index (χ1) is 49.8. The smallest absolute Gasteiger partial charge is 1.00 e. The van der Waals surface area contributed by atoms with Gasteiger partial charge in [-0.3, -0.25) is 0 Å². The third kappa shape index (κ3) is 46.3. The molecule has 0 spiro atoms. The quantitative estimate of drug-likeness (QED) is 0.0264. The number of fused-ring (bicyclic) bond motifs is 3. The molecule has 6 rings (SSSR count). The molecule has 0 heterocycles. The van der Waals surface area contributed by atoms with Gasteiger partial charge in [-0.2, -0.15) is 18.2 Å². The van der Waals surface area contributed by atoms with Gasteiger partial charge in [0, 0.05) is 0 Å². The van der Waals surface area contributed by atoms with Crippen molar-refractivity contribution in [3.8, 4) is 33.4 Å². The third-order valence-corrected chi connectivity index (χ3v) is 24.0.